The first-order valence-electron chi connectivity index (χ1n) is 7.87. The molecule has 0 aliphatic heterocycles. The predicted octanol–water partition coefficient (Wildman–Crippen LogP) is 2.15. The smallest absolute Gasteiger partial charge is 0.252 e. The lowest BCUT2D eigenvalue weighted by Crippen LogP contribution is -2.46. The van der Waals surface area contributed by atoms with E-state index < -0.39 is 6.04 Å². The van der Waals surface area contributed by atoms with Gasteiger partial charge in [-0.3, -0.25) is 9.59 Å². The van der Waals surface area contributed by atoms with Crippen molar-refractivity contribution in [3.63, 3.8) is 0 Å². The SMILES string of the molecule is C=CCOc1ccc(C(=O)N[C@H](CC(C)C)C(=O)NC)cc1OC. The summed E-state index contributed by atoms with van der Waals surface area (Å²) in [6, 6.07) is 4.30. The van der Waals surface area contributed by atoms with Crippen molar-refractivity contribution in [1.29, 1.82) is 0 Å². The van der Waals surface area contributed by atoms with Gasteiger partial charge in [0.1, 0.15) is 12.6 Å². The molecule has 1 rings (SSSR count). The highest BCUT2D eigenvalue weighted by atomic mass is 16.5. The number of rotatable bonds is 9. The molecule has 0 saturated carbocycles. The molecule has 0 aliphatic rings. The van der Waals surface area contributed by atoms with Crippen molar-refractivity contribution < 1.29 is 19.1 Å². The molecule has 0 spiro atoms. The van der Waals surface area contributed by atoms with E-state index in [1.54, 1.807) is 31.3 Å². The number of carbonyl (C=O) groups excluding carboxylic acids is 2. The summed E-state index contributed by atoms with van der Waals surface area (Å²) < 4.78 is 10.7. The third kappa shape index (κ3) is 5.61. The molecule has 1 atom stereocenters. The molecule has 0 radical (unpaired) electrons. The van der Waals surface area contributed by atoms with Crippen molar-refractivity contribution in [2.45, 2.75) is 26.3 Å². The van der Waals surface area contributed by atoms with Crippen LogP contribution in [-0.2, 0) is 4.79 Å². The maximum Gasteiger partial charge on any atom is 0.252 e. The van der Waals surface area contributed by atoms with E-state index in [4.69, 9.17) is 9.47 Å². The molecule has 0 aromatic heterocycles. The molecule has 2 N–H and O–H groups in total. The Morgan fingerprint density at radius 2 is 2.00 bits per heavy atom. The van der Waals surface area contributed by atoms with Crippen LogP contribution in [0.3, 0.4) is 0 Å². The van der Waals surface area contributed by atoms with Crippen molar-refractivity contribution in [1.82, 2.24) is 10.6 Å². The van der Waals surface area contributed by atoms with Crippen molar-refractivity contribution in [3.8, 4) is 11.5 Å². The van der Waals surface area contributed by atoms with E-state index in [1.807, 2.05) is 13.8 Å². The van der Waals surface area contributed by atoms with E-state index in [2.05, 4.69) is 17.2 Å². The van der Waals surface area contributed by atoms with Crippen LogP contribution in [-0.4, -0.2) is 38.6 Å². The highest BCUT2D eigenvalue weighted by molar-refractivity contribution is 5.98. The van der Waals surface area contributed by atoms with Gasteiger partial charge in [-0.05, 0) is 30.5 Å². The number of amides is 2. The largest absolute Gasteiger partial charge is 0.493 e. The molecule has 1 aromatic carbocycles. The Labute approximate surface area is 143 Å². The van der Waals surface area contributed by atoms with Gasteiger partial charge in [-0.2, -0.15) is 0 Å². The van der Waals surface area contributed by atoms with Crippen LogP contribution >= 0.6 is 0 Å². The fraction of sp³-hybridized carbons (Fsp3) is 0.444. The first kappa shape index (κ1) is 19.5. The minimum Gasteiger partial charge on any atom is -0.493 e. The first-order valence-corrected chi connectivity index (χ1v) is 7.87. The lowest BCUT2D eigenvalue weighted by atomic mass is 10.0. The average molecular weight is 334 g/mol. The minimum atomic E-state index is -0.579. The molecule has 132 valence electrons. The highest BCUT2D eigenvalue weighted by Crippen LogP contribution is 2.28. The van der Waals surface area contributed by atoms with Crippen LogP contribution in [0.5, 0.6) is 11.5 Å². The molecule has 0 fully saturated rings. The van der Waals surface area contributed by atoms with Crippen LogP contribution in [0.1, 0.15) is 30.6 Å². The van der Waals surface area contributed by atoms with Crippen molar-refractivity contribution >= 4 is 11.8 Å². The van der Waals surface area contributed by atoms with Gasteiger partial charge in [0.2, 0.25) is 5.91 Å². The second-order valence-electron chi connectivity index (χ2n) is 5.74. The number of carbonyl (C=O) groups is 2. The summed E-state index contributed by atoms with van der Waals surface area (Å²) in [6.07, 6.45) is 2.18. The zero-order valence-corrected chi connectivity index (χ0v) is 14.7. The molecule has 0 bridgehead atoms. The van der Waals surface area contributed by atoms with E-state index >= 15 is 0 Å². The maximum atomic E-state index is 12.4. The number of methoxy groups -OCH3 is 1. The molecular formula is C18H26N2O4. The molecule has 0 saturated heterocycles. The second-order valence-corrected chi connectivity index (χ2v) is 5.74. The van der Waals surface area contributed by atoms with Gasteiger partial charge in [0, 0.05) is 12.6 Å². The molecule has 0 heterocycles. The summed E-state index contributed by atoms with van der Waals surface area (Å²) in [4.78, 5) is 24.4. The van der Waals surface area contributed by atoms with E-state index in [1.165, 1.54) is 7.11 Å². The standard InChI is InChI=1S/C18H26N2O4/c1-6-9-24-15-8-7-13(11-16(15)23-5)17(21)20-14(10-12(2)3)18(22)19-4/h6-8,11-12,14H,1,9-10H2,2-5H3,(H,19,22)(H,20,21)/t14-/m1/s1. The Balaban J connectivity index is 2.92. The van der Waals surface area contributed by atoms with Crippen molar-refractivity contribution in [2.24, 2.45) is 5.92 Å². The number of hydrogen-bond acceptors (Lipinski definition) is 4. The number of benzene rings is 1. The van der Waals surface area contributed by atoms with Crippen LogP contribution in [0.2, 0.25) is 0 Å². The van der Waals surface area contributed by atoms with E-state index in [9.17, 15) is 9.59 Å². The summed E-state index contributed by atoms with van der Waals surface area (Å²) in [5, 5.41) is 5.34. The number of nitrogens with one attached hydrogen (secondary N) is 2. The summed E-state index contributed by atoms with van der Waals surface area (Å²) in [6.45, 7) is 7.93. The monoisotopic (exact) mass is 334 g/mol. The number of likely N-dealkylation sites (N-methyl/N-ethyl adjacent to an activating group) is 1. The van der Waals surface area contributed by atoms with Gasteiger partial charge in [0.15, 0.2) is 11.5 Å². The third-order valence-electron chi connectivity index (χ3n) is 3.36. The molecular weight excluding hydrogens is 308 g/mol. The highest BCUT2D eigenvalue weighted by Gasteiger charge is 2.22. The summed E-state index contributed by atoms with van der Waals surface area (Å²) >= 11 is 0. The van der Waals surface area contributed by atoms with Gasteiger partial charge in [0.05, 0.1) is 7.11 Å². The van der Waals surface area contributed by atoms with Crippen molar-refractivity contribution in [2.75, 3.05) is 20.8 Å². The van der Waals surface area contributed by atoms with Crippen LogP contribution in [0.15, 0.2) is 30.9 Å². The van der Waals surface area contributed by atoms with Gasteiger partial charge >= 0.3 is 0 Å². The fourth-order valence-corrected chi connectivity index (χ4v) is 2.20. The molecule has 24 heavy (non-hydrogen) atoms. The average Bonchev–Trinajstić information content (AvgIpc) is 2.57. The Morgan fingerprint density at radius 3 is 2.54 bits per heavy atom. The Bertz CT molecular complexity index is 584. The zero-order chi connectivity index (χ0) is 18.1. The van der Waals surface area contributed by atoms with Gasteiger partial charge in [-0.15, -0.1) is 0 Å². The number of ether oxygens (including phenoxy) is 2. The quantitative estimate of drug-likeness (QED) is 0.679. The molecule has 0 aliphatic carbocycles. The van der Waals surface area contributed by atoms with Gasteiger partial charge in [-0.25, -0.2) is 0 Å². The van der Waals surface area contributed by atoms with E-state index in [-0.39, 0.29) is 17.7 Å². The van der Waals surface area contributed by atoms with E-state index in [0.717, 1.165) is 0 Å². The van der Waals surface area contributed by atoms with E-state index in [0.29, 0.717) is 30.1 Å². The molecule has 6 heteroatoms. The topological polar surface area (TPSA) is 76.7 Å². The van der Waals surface area contributed by atoms with Gasteiger partial charge < -0.3 is 20.1 Å². The molecule has 1 aromatic rings. The lowest BCUT2D eigenvalue weighted by molar-refractivity contribution is -0.122. The van der Waals surface area contributed by atoms with Crippen LogP contribution in [0.4, 0.5) is 0 Å². The summed E-state index contributed by atoms with van der Waals surface area (Å²) in [5.41, 5.74) is 0.399. The van der Waals surface area contributed by atoms with Gasteiger partial charge in [-0.1, -0.05) is 26.5 Å². The maximum absolute atomic E-state index is 12.4. The molecule has 0 unspecified atom stereocenters. The Hall–Kier alpha value is -2.50. The first-order chi connectivity index (χ1) is 11.4. The second kappa shape index (κ2) is 9.60. The molecule has 2 amide bonds. The van der Waals surface area contributed by atoms with Crippen LogP contribution in [0.25, 0.3) is 0 Å². The van der Waals surface area contributed by atoms with Crippen molar-refractivity contribution in [3.05, 3.63) is 36.4 Å². The third-order valence-corrected chi connectivity index (χ3v) is 3.36. The Morgan fingerprint density at radius 1 is 1.29 bits per heavy atom. The normalized spacial score (nSPS) is 11.5. The predicted molar refractivity (Wildman–Crippen MR) is 93.5 cm³/mol. The van der Waals surface area contributed by atoms with Crippen LogP contribution in [0, 0.1) is 5.92 Å². The lowest BCUT2D eigenvalue weighted by Gasteiger charge is -2.19. The van der Waals surface area contributed by atoms with Crippen LogP contribution < -0.4 is 20.1 Å². The minimum absolute atomic E-state index is 0.213. The zero-order valence-electron chi connectivity index (χ0n) is 14.7. The molecule has 6 nitrogen and oxygen atoms in total. The summed E-state index contributed by atoms with van der Waals surface area (Å²) in [7, 11) is 3.06. The summed E-state index contributed by atoms with van der Waals surface area (Å²) in [5.74, 6) is 0.702. The number of hydrogen-bond donors (Lipinski definition) is 2. The van der Waals surface area contributed by atoms with Gasteiger partial charge in [0.25, 0.3) is 5.91 Å². The Kier molecular flexibility index (Phi) is 7.82. The fourth-order valence-electron chi connectivity index (χ4n) is 2.20.